The van der Waals surface area contributed by atoms with Crippen LogP contribution in [-0.4, -0.2) is 33.8 Å². The van der Waals surface area contributed by atoms with Crippen molar-refractivity contribution in [3.63, 3.8) is 0 Å². The minimum absolute atomic E-state index is 0.210. The summed E-state index contributed by atoms with van der Waals surface area (Å²) in [7, 11) is 1.84. The van der Waals surface area contributed by atoms with Crippen molar-refractivity contribution in [1.82, 2.24) is 14.8 Å². The van der Waals surface area contributed by atoms with Crippen LogP contribution in [0, 0.1) is 0 Å². The van der Waals surface area contributed by atoms with Crippen molar-refractivity contribution in [1.29, 1.82) is 0 Å². The Morgan fingerprint density at radius 1 is 1.33 bits per heavy atom. The van der Waals surface area contributed by atoms with Gasteiger partial charge in [-0.05, 0) is 37.0 Å². The van der Waals surface area contributed by atoms with Crippen LogP contribution in [0.15, 0.2) is 30.6 Å². The Hall–Kier alpha value is -2.47. The molecule has 3 rings (SSSR count). The zero-order chi connectivity index (χ0) is 19.4. The van der Waals surface area contributed by atoms with Crippen molar-refractivity contribution >= 4 is 28.3 Å². The van der Waals surface area contributed by atoms with Gasteiger partial charge < -0.3 is 19.3 Å². The number of fused-ring (bicyclic) bond motifs is 1. The molecule has 7 heteroatoms. The first kappa shape index (κ1) is 19.3. The normalized spacial score (nSPS) is 12.3. The van der Waals surface area contributed by atoms with E-state index in [1.165, 1.54) is 0 Å². The number of aryl methyl sites for hydroxylation is 1. The van der Waals surface area contributed by atoms with E-state index in [2.05, 4.69) is 17.0 Å². The van der Waals surface area contributed by atoms with Crippen molar-refractivity contribution in [2.45, 2.75) is 32.6 Å². The zero-order valence-corrected chi connectivity index (χ0v) is 16.5. The topological polar surface area (TPSA) is 69.1 Å². The second kappa shape index (κ2) is 8.48. The standard InChI is InChI=1S/C20H24ClN3O3/c1-13(4-5-14(2)25)16-12-22-18-11-17(21)19(10-15(16)18)26-8-9-27-20-6-7-24(3)23-20/h6-7,10-13,22H,4-5,8-9H2,1-3H3/t13-/m0/s1. The van der Waals surface area contributed by atoms with E-state index in [1.807, 2.05) is 31.6 Å². The lowest BCUT2D eigenvalue weighted by molar-refractivity contribution is -0.117. The Morgan fingerprint density at radius 3 is 2.81 bits per heavy atom. The molecule has 0 fully saturated rings. The van der Waals surface area contributed by atoms with E-state index >= 15 is 0 Å². The van der Waals surface area contributed by atoms with Gasteiger partial charge in [-0.3, -0.25) is 4.68 Å². The number of carbonyl (C=O) groups excluding carboxylic acids is 1. The van der Waals surface area contributed by atoms with E-state index in [1.54, 1.807) is 17.7 Å². The monoisotopic (exact) mass is 389 g/mol. The molecule has 144 valence electrons. The van der Waals surface area contributed by atoms with Crippen LogP contribution in [0.25, 0.3) is 10.9 Å². The summed E-state index contributed by atoms with van der Waals surface area (Å²) in [6.45, 7) is 4.49. The average Bonchev–Trinajstić information content (AvgIpc) is 3.22. The summed E-state index contributed by atoms with van der Waals surface area (Å²) in [5, 5.41) is 5.76. The number of Topliss-reactive ketones (excluding diaryl/α,β-unsaturated/α-hetero) is 1. The van der Waals surface area contributed by atoms with Gasteiger partial charge in [-0.1, -0.05) is 18.5 Å². The van der Waals surface area contributed by atoms with E-state index < -0.39 is 0 Å². The number of aromatic nitrogens is 3. The average molecular weight is 390 g/mol. The molecule has 0 spiro atoms. The van der Waals surface area contributed by atoms with E-state index in [9.17, 15) is 4.79 Å². The highest BCUT2D eigenvalue weighted by molar-refractivity contribution is 6.32. The number of halogens is 1. The first-order chi connectivity index (χ1) is 12.9. The number of nitrogens with zero attached hydrogens (tertiary/aromatic N) is 2. The number of aromatic amines is 1. The second-order valence-corrected chi connectivity index (χ2v) is 7.15. The molecule has 0 aliphatic rings. The Kier molecular flexibility index (Phi) is 6.06. The van der Waals surface area contributed by atoms with Crippen LogP contribution in [0.5, 0.6) is 11.6 Å². The second-order valence-electron chi connectivity index (χ2n) is 6.74. The fourth-order valence-electron chi connectivity index (χ4n) is 3.01. The molecule has 1 N–H and O–H groups in total. The molecule has 2 heterocycles. The smallest absolute Gasteiger partial charge is 0.232 e. The number of benzene rings is 1. The van der Waals surface area contributed by atoms with E-state index in [4.69, 9.17) is 21.1 Å². The third-order valence-electron chi connectivity index (χ3n) is 4.51. The lowest BCUT2D eigenvalue weighted by atomic mass is 9.95. The van der Waals surface area contributed by atoms with E-state index in [0.29, 0.717) is 36.3 Å². The summed E-state index contributed by atoms with van der Waals surface area (Å²) in [6, 6.07) is 5.62. The molecule has 0 amide bonds. The molecule has 1 atom stereocenters. The minimum atomic E-state index is 0.210. The third-order valence-corrected chi connectivity index (χ3v) is 4.80. The Morgan fingerprint density at radius 2 is 2.11 bits per heavy atom. The van der Waals surface area contributed by atoms with Gasteiger partial charge in [-0.2, -0.15) is 0 Å². The van der Waals surface area contributed by atoms with Crippen LogP contribution in [0.3, 0.4) is 0 Å². The molecular weight excluding hydrogens is 366 g/mol. The predicted octanol–water partition coefficient (Wildman–Crippen LogP) is 4.49. The molecule has 0 bridgehead atoms. The molecule has 0 saturated heterocycles. The van der Waals surface area contributed by atoms with Crippen LogP contribution < -0.4 is 9.47 Å². The molecule has 3 aromatic rings. The summed E-state index contributed by atoms with van der Waals surface area (Å²) in [5.41, 5.74) is 2.12. The molecule has 0 aliphatic heterocycles. The predicted molar refractivity (Wildman–Crippen MR) is 106 cm³/mol. The van der Waals surface area contributed by atoms with Gasteiger partial charge in [-0.15, -0.1) is 5.10 Å². The molecule has 0 radical (unpaired) electrons. The lowest BCUT2D eigenvalue weighted by Crippen LogP contribution is -2.09. The van der Waals surface area contributed by atoms with Gasteiger partial charge in [-0.25, -0.2) is 0 Å². The number of hydrogen-bond donors (Lipinski definition) is 1. The SMILES string of the molecule is CC(=O)CC[C@H](C)c1c[nH]c2cc(Cl)c(OCCOc3ccn(C)n3)cc12. The molecule has 27 heavy (non-hydrogen) atoms. The first-order valence-electron chi connectivity index (χ1n) is 8.99. The summed E-state index contributed by atoms with van der Waals surface area (Å²) in [6.07, 6.45) is 5.20. The van der Waals surface area contributed by atoms with Gasteiger partial charge in [0.2, 0.25) is 5.88 Å². The highest BCUT2D eigenvalue weighted by Crippen LogP contribution is 2.35. The zero-order valence-electron chi connectivity index (χ0n) is 15.8. The number of H-pyrrole nitrogens is 1. The van der Waals surface area contributed by atoms with Crippen LogP contribution in [-0.2, 0) is 11.8 Å². The molecule has 2 aromatic heterocycles. The van der Waals surface area contributed by atoms with Crippen molar-refractivity contribution in [2.75, 3.05) is 13.2 Å². The summed E-state index contributed by atoms with van der Waals surface area (Å²) < 4.78 is 13.0. The van der Waals surface area contributed by atoms with Gasteiger partial charge in [0.15, 0.2) is 0 Å². The van der Waals surface area contributed by atoms with Crippen LogP contribution >= 0.6 is 11.6 Å². The number of carbonyl (C=O) groups is 1. The van der Waals surface area contributed by atoms with E-state index in [0.717, 1.165) is 22.9 Å². The number of ketones is 1. The largest absolute Gasteiger partial charge is 0.488 e. The van der Waals surface area contributed by atoms with Crippen LogP contribution in [0.2, 0.25) is 5.02 Å². The highest BCUT2D eigenvalue weighted by atomic mass is 35.5. The van der Waals surface area contributed by atoms with Crippen molar-refractivity contribution < 1.29 is 14.3 Å². The summed E-state index contributed by atoms with van der Waals surface area (Å²) >= 11 is 6.35. The number of rotatable bonds is 9. The maximum absolute atomic E-state index is 11.3. The van der Waals surface area contributed by atoms with Crippen LogP contribution in [0.4, 0.5) is 0 Å². The van der Waals surface area contributed by atoms with Gasteiger partial charge in [0, 0.05) is 42.8 Å². The lowest BCUT2D eigenvalue weighted by Gasteiger charge is -2.12. The minimum Gasteiger partial charge on any atom is -0.488 e. The number of ether oxygens (including phenoxy) is 2. The maximum atomic E-state index is 11.3. The van der Waals surface area contributed by atoms with Gasteiger partial charge in [0.05, 0.1) is 5.02 Å². The Bertz CT molecular complexity index is 932. The first-order valence-corrected chi connectivity index (χ1v) is 9.37. The molecule has 1 aromatic carbocycles. The third kappa shape index (κ3) is 4.83. The molecule has 0 saturated carbocycles. The summed E-state index contributed by atoms with van der Waals surface area (Å²) in [4.78, 5) is 14.5. The number of nitrogens with one attached hydrogen (secondary N) is 1. The quantitative estimate of drug-likeness (QED) is 0.547. The summed E-state index contributed by atoms with van der Waals surface area (Å²) in [5.74, 6) is 1.66. The molecule has 0 aliphatic carbocycles. The van der Waals surface area contributed by atoms with E-state index in [-0.39, 0.29) is 11.7 Å². The molecule has 0 unspecified atom stereocenters. The Labute approximate surface area is 163 Å². The molecule has 6 nitrogen and oxygen atoms in total. The Balaban J connectivity index is 1.66. The molecular formula is C20H24ClN3O3. The van der Waals surface area contributed by atoms with Crippen molar-refractivity contribution in [3.8, 4) is 11.6 Å². The van der Waals surface area contributed by atoms with Crippen LogP contribution in [0.1, 0.15) is 38.2 Å². The fraction of sp³-hybridized carbons (Fsp3) is 0.400. The van der Waals surface area contributed by atoms with Gasteiger partial charge >= 0.3 is 0 Å². The van der Waals surface area contributed by atoms with Gasteiger partial charge in [0.1, 0.15) is 24.7 Å². The maximum Gasteiger partial charge on any atom is 0.232 e. The fourth-order valence-corrected chi connectivity index (χ4v) is 3.23. The van der Waals surface area contributed by atoms with Crippen molar-refractivity contribution in [3.05, 3.63) is 41.2 Å². The van der Waals surface area contributed by atoms with Gasteiger partial charge in [0.25, 0.3) is 0 Å². The highest BCUT2D eigenvalue weighted by Gasteiger charge is 2.15. The number of hydrogen-bond acceptors (Lipinski definition) is 4. The van der Waals surface area contributed by atoms with Crippen molar-refractivity contribution in [2.24, 2.45) is 7.05 Å².